The normalized spacial score (nSPS) is 20.2. The van der Waals surface area contributed by atoms with Crippen molar-refractivity contribution in [2.75, 3.05) is 18.8 Å². The highest BCUT2D eigenvalue weighted by Gasteiger charge is 2.35. The quantitative estimate of drug-likeness (QED) is 0.806. The van der Waals surface area contributed by atoms with E-state index in [0.29, 0.717) is 19.0 Å². The molecule has 1 heterocycles. The number of benzene rings is 1. The molecule has 1 aromatic rings. The molecule has 0 radical (unpaired) electrons. The van der Waals surface area contributed by atoms with Crippen molar-refractivity contribution < 1.29 is 18.0 Å². The van der Waals surface area contributed by atoms with Gasteiger partial charge in [-0.2, -0.15) is 13.2 Å². The number of para-hydroxylation sites is 1. The molecule has 0 aliphatic carbocycles. The van der Waals surface area contributed by atoms with Gasteiger partial charge in [-0.05, 0) is 37.3 Å². The van der Waals surface area contributed by atoms with Crippen LogP contribution in [-0.2, 0) is 6.18 Å². The maximum absolute atomic E-state index is 12.8. The van der Waals surface area contributed by atoms with E-state index in [1.807, 2.05) is 0 Å². The summed E-state index contributed by atoms with van der Waals surface area (Å²) in [5, 5.41) is 0. The van der Waals surface area contributed by atoms with Crippen molar-refractivity contribution >= 4 is 11.6 Å². The number of hydrogen-bond donors (Lipinski definition) is 1. The molecule has 6 heteroatoms. The maximum atomic E-state index is 12.8. The van der Waals surface area contributed by atoms with E-state index in [9.17, 15) is 18.0 Å². The Kier molecular flexibility index (Phi) is 4.44. The molecule has 1 aliphatic rings. The molecule has 0 bridgehead atoms. The molecule has 0 spiro atoms. The number of likely N-dealkylation sites (tertiary alicyclic amines) is 1. The van der Waals surface area contributed by atoms with Crippen molar-refractivity contribution in [3.63, 3.8) is 0 Å². The minimum absolute atomic E-state index is 0.0561. The summed E-state index contributed by atoms with van der Waals surface area (Å²) in [7, 11) is 0. The molecular formula is C15H19F3N2O. The van der Waals surface area contributed by atoms with E-state index in [-0.39, 0.29) is 5.56 Å². The Hall–Kier alpha value is -1.72. The van der Waals surface area contributed by atoms with E-state index >= 15 is 0 Å². The second-order valence-electron chi connectivity index (χ2n) is 5.59. The number of anilines is 1. The van der Waals surface area contributed by atoms with Crippen molar-refractivity contribution in [3.8, 4) is 0 Å². The highest BCUT2D eigenvalue weighted by Crippen LogP contribution is 2.35. The summed E-state index contributed by atoms with van der Waals surface area (Å²) in [6.07, 6.45) is -1.79. The number of halogens is 3. The van der Waals surface area contributed by atoms with Gasteiger partial charge < -0.3 is 10.6 Å². The Morgan fingerprint density at radius 3 is 2.67 bits per heavy atom. The van der Waals surface area contributed by atoms with E-state index in [2.05, 4.69) is 6.92 Å². The van der Waals surface area contributed by atoms with Gasteiger partial charge in [-0.25, -0.2) is 0 Å². The zero-order valence-corrected chi connectivity index (χ0v) is 11.9. The molecule has 1 unspecified atom stereocenters. The minimum Gasteiger partial charge on any atom is -0.398 e. The van der Waals surface area contributed by atoms with Gasteiger partial charge in [0.05, 0.1) is 16.8 Å². The first-order chi connectivity index (χ1) is 9.80. The van der Waals surface area contributed by atoms with Crippen molar-refractivity contribution in [1.29, 1.82) is 0 Å². The van der Waals surface area contributed by atoms with Crippen LogP contribution < -0.4 is 5.73 Å². The van der Waals surface area contributed by atoms with Gasteiger partial charge in [0.1, 0.15) is 0 Å². The average molecular weight is 300 g/mol. The maximum Gasteiger partial charge on any atom is 0.418 e. The van der Waals surface area contributed by atoms with E-state index in [4.69, 9.17) is 5.73 Å². The lowest BCUT2D eigenvalue weighted by Crippen LogP contribution is -2.33. The van der Waals surface area contributed by atoms with Crippen LogP contribution in [0.3, 0.4) is 0 Å². The Morgan fingerprint density at radius 1 is 1.29 bits per heavy atom. The molecule has 1 amide bonds. The third-order valence-corrected chi connectivity index (χ3v) is 3.95. The second kappa shape index (κ2) is 5.95. The first kappa shape index (κ1) is 15.7. The fourth-order valence-corrected chi connectivity index (χ4v) is 2.64. The Balaban J connectivity index is 2.27. The first-order valence-electron chi connectivity index (χ1n) is 7.05. The summed E-state index contributed by atoms with van der Waals surface area (Å²) in [6, 6.07) is 3.49. The summed E-state index contributed by atoms with van der Waals surface area (Å²) in [4.78, 5) is 14.0. The monoisotopic (exact) mass is 300 g/mol. The van der Waals surface area contributed by atoms with Crippen LogP contribution in [0, 0.1) is 5.92 Å². The van der Waals surface area contributed by atoms with Crippen LogP contribution in [0.25, 0.3) is 0 Å². The SMILES string of the molecule is CC1CCCN(C(=O)c2cccc(C(F)(F)F)c2N)CC1. The molecule has 1 saturated heterocycles. The number of hydrogen-bond acceptors (Lipinski definition) is 2. The topological polar surface area (TPSA) is 46.3 Å². The van der Waals surface area contributed by atoms with Gasteiger partial charge in [0.15, 0.2) is 0 Å². The summed E-state index contributed by atoms with van der Waals surface area (Å²) in [6.45, 7) is 3.25. The second-order valence-corrected chi connectivity index (χ2v) is 5.59. The third kappa shape index (κ3) is 3.49. The first-order valence-corrected chi connectivity index (χ1v) is 7.05. The fourth-order valence-electron chi connectivity index (χ4n) is 2.64. The molecule has 21 heavy (non-hydrogen) atoms. The van der Waals surface area contributed by atoms with E-state index < -0.39 is 23.3 Å². The molecule has 1 aromatic carbocycles. The third-order valence-electron chi connectivity index (χ3n) is 3.95. The molecule has 1 aliphatic heterocycles. The van der Waals surface area contributed by atoms with Crippen LogP contribution in [0.4, 0.5) is 18.9 Å². The van der Waals surface area contributed by atoms with Gasteiger partial charge in [0.2, 0.25) is 0 Å². The standard InChI is InChI=1S/C15H19F3N2O/c1-10-4-3-8-20(9-7-10)14(21)11-5-2-6-12(13(11)19)15(16,17)18/h2,5-6,10H,3-4,7-9,19H2,1H3. The van der Waals surface area contributed by atoms with Crippen molar-refractivity contribution in [2.24, 2.45) is 5.92 Å². The number of nitrogens with two attached hydrogens (primary N) is 1. The highest BCUT2D eigenvalue weighted by atomic mass is 19.4. The van der Waals surface area contributed by atoms with E-state index in [1.165, 1.54) is 12.1 Å². The van der Waals surface area contributed by atoms with Crippen LogP contribution in [0.15, 0.2) is 18.2 Å². The molecule has 0 aromatic heterocycles. The number of rotatable bonds is 1. The average Bonchev–Trinajstić information content (AvgIpc) is 2.62. The van der Waals surface area contributed by atoms with Gasteiger partial charge in [0, 0.05) is 13.1 Å². The van der Waals surface area contributed by atoms with Crippen molar-refractivity contribution in [1.82, 2.24) is 4.90 Å². The smallest absolute Gasteiger partial charge is 0.398 e. The van der Waals surface area contributed by atoms with Gasteiger partial charge in [-0.3, -0.25) is 4.79 Å². The Labute approximate surface area is 121 Å². The lowest BCUT2D eigenvalue weighted by Gasteiger charge is -2.22. The van der Waals surface area contributed by atoms with Crippen LogP contribution in [-0.4, -0.2) is 23.9 Å². The number of carbonyl (C=O) groups is 1. The Bertz CT molecular complexity index is 528. The van der Waals surface area contributed by atoms with Crippen LogP contribution >= 0.6 is 0 Å². The zero-order valence-electron chi connectivity index (χ0n) is 11.9. The molecule has 116 valence electrons. The lowest BCUT2D eigenvalue weighted by molar-refractivity contribution is -0.136. The van der Waals surface area contributed by atoms with E-state index in [1.54, 1.807) is 4.90 Å². The van der Waals surface area contributed by atoms with Gasteiger partial charge >= 0.3 is 6.18 Å². The van der Waals surface area contributed by atoms with Gasteiger partial charge in [0.25, 0.3) is 5.91 Å². The molecule has 0 saturated carbocycles. The number of alkyl halides is 3. The van der Waals surface area contributed by atoms with Crippen LogP contribution in [0.1, 0.15) is 42.1 Å². The largest absolute Gasteiger partial charge is 0.418 e. The number of carbonyl (C=O) groups excluding carboxylic acids is 1. The number of nitrogens with zero attached hydrogens (tertiary/aromatic N) is 1. The molecule has 3 nitrogen and oxygen atoms in total. The van der Waals surface area contributed by atoms with E-state index in [0.717, 1.165) is 25.3 Å². The Morgan fingerprint density at radius 2 is 2.00 bits per heavy atom. The predicted octanol–water partition coefficient (Wildman–Crippen LogP) is 3.55. The number of amides is 1. The van der Waals surface area contributed by atoms with Crippen molar-refractivity contribution in [2.45, 2.75) is 32.4 Å². The summed E-state index contributed by atoms with van der Waals surface area (Å²) < 4.78 is 38.5. The molecule has 1 atom stereocenters. The summed E-state index contributed by atoms with van der Waals surface area (Å²) in [5.41, 5.74) is 4.09. The lowest BCUT2D eigenvalue weighted by atomic mass is 10.0. The number of nitrogen functional groups attached to an aromatic ring is 1. The van der Waals surface area contributed by atoms with Crippen molar-refractivity contribution in [3.05, 3.63) is 29.3 Å². The highest BCUT2D eigenvalue weighted by molar-refractivity contribution is 5.99. The van der Waals surface area contributed by atoms with Crippen LogP contribution in [0.2, 0.25) is 0 Å². The zero-order chi connectivity index (χ0) is 15.6. The van der Waals surface area contributed by atoms with Gasteiger partial charge in [-0.1, -0.05) is 13.0 Å². The summed E-state index contributed by atoms with van der Waals surface area (Å²) in [5.74, 6) is 0.120. The van der Waals surface area contributed by atoms with Gasteiger partial charge in [-0.15, -0.1) is 0 Å². The molecule has 2 rings (SSSR count). The fraction of sp³-hybridized carbons (Fsp3) is 0.533. The van der Waals surface area contributed by atoms with Crippen LogP contribution in [0.5, 0.6) is 0 Å². The summed E-state index contributed by atoms with van der Waals surface area (Å²) >= 11 is 0. The molecule has 1 fully saturated rings. The minimum atomic E-state index is -4.55. The molecule has 2 N–H and O–H groups in total. The predicted molar refractivity (Wildman–Crippen MR) is 74.8 cm³/mol. The molecular weight excluding hydrogens is 281 g/mol.